The number of amides is 11. The Morgan fingerprint density at radius 1 is 0.448 bits per heavy atom. The number of aliphatic carboxylic acids is 2. The van der Waals surface area contributed by atoms with Gasteiger partial charge in [-0.15, -0.1) is 0 Å². The van der Waals surface area contributed by atoms with Gasteiger partial charge in [-0.2, -0.15) is 50.5 Å². The predicted octanol–water partition coefficient (Wildman–Crippen LogP) is -4.02. The van der Waals surface area contributed by atoms with Crippen molar-refractivity contribution >= 4 is 141 Å². The molecule has 0 heterocycles. The maximum atomic E-state index is 13.4. The summed E-state index contributed by atoms with van der Waals surface area (Å²) in [5.41, 5.74) is 5.25. The van der Waals surface area contributed by atoms with E-state index in [1.54, 1.807) is 0 Å². The molecule has 0 aliphatic rings. The molecule has 0 fully saturated rings. The van der Waals surface area contributed by atoms with E-state index in [0.717, 1.165) is 25.7 Å². The van der Waals surface area contributed by atoms with E-state index < -0.39 is 166 Å². The Balaban J connectivity index is 5.29. The van der Waals surface area contributed by atoms with Gasteiger partial charge in [0.2, 0.25) is 65.0 Å². The maximum absolute atomic E-state index is 13.4. The number of hydrogen-bond donors (Lipinski definition) is 22. The van der Waals surface area contributed by atoms with Gasteiger partial charge in [-0.05, 0) is 19.3 Å². The number of guanidine groups is 1. The van der Waals surface area contributed by atoms with E-state index >= 15 is 0 Å². The molecular weight excluding hydrogens is 1250 g/mol. The molecule has 38 heteroatoms. The molecule has 0 aromatic carbocycles. The lowest BCUT2D eigenvalue weighted by Gasteiger charge is -2.24. The molecule has 7 atom stereocenters. The van der Waals surface area contributed by atoms with Gasteiger partial charge in [0.1, 0.15) is 42.3 Å². The van der Waals surface area contributed by atoms with Crippen molar-refractivity contribution in [3.63, 3.8) is 0 Å². The molecule has 0 rings (SSSR count). The van der Waals surface area contributed by atoms with E-state index in [0.29, 0.717) is 6.42 Å². The van der Waals surface area contributed by atoms with E-state index in [1.165, 1.54) is 51.4 Å². The van der Waals surface area contributed by atoms with E-state index in [4.69, 9.17) is 16.2 Å². The third-order valence-corrected chi connectivity index (χ3v) is 14.2. The van der Waals surface area contributed by atoms with Crippen LogP contribution in [0.5, 0.6) is 0 Å². The molecule has 87 heavy (non-hydrogen) atoms. The van der Waals surface area contributed by atoms with Crippen LogP contribution in [-0.4, -0.2) is 208 Å². The Labute approximate surface area is 525 Å². The molecule has 0 bridgehead atoms. The minimum absolute atomic E-state index is 0.00518. The van der Waals surface area contributed by atoms with Crippen LogP contribution >= 0.6 is 58.3 Å². The van der Waals surface area contributed by atoms with Crippen LogP contribution in [0.1, 0.15) is 116 Å². The monoisotopic (exact) mass is 1330 g/mol. The number of carbonyl (C=O) groups is 13. The molecule has 496 valence electrons. The first kappa shape index (κ1) is 80.9. The normalized spacial score (nSPS) is 13.4. The number of carboxylic acid groups (broad SMARTS) is 2. The molecule has 7 unspecified atom stereocenters. The summed E-state index contributed by atoms with van der Waals surface area (Å²) in [6.07, 6.45) is 13.8. The highest BCUT2D eigenvalue weighted by molar-refractivity contribution is 7.80. The van der Waals surface area contributed by atoms with E-state index in [-0.39, 0.29) is 54.7 Å². The fourth-order valence-corrected chi connectivity index (χ4v) is 8.89. The zero-order valence-corrected chi connectivity index (χ0v) is 52.8. The molecule has 0 aliphatic heterocycles. The van der Waals surface area contributed by atoms with E-state index in [2.05, 4.69) is 115 Å². The number of nitrogens with two attached hydrogens (primary N) is 1. The lowest BCUT2D eigenvalue weighted by atomic mass is 10.0. The lowest BCUT2D eigenvalue weighted by molar-refractivity contribution is -0.147. The molecule has 11 amide bonds. The van der Waals surface area contributed by atoms with E-state index in [9.17, 15) is 81.8 Å². The van der Waals surface area contributed by atoms with Gasteiger partial charge < -0.3 is 89.5 Å². The molecule has 0 aromatic rings. The first-order valence-electron chi connectivity index (χ1n) is 28.0. The SMILES string of the molecule is CCCCCCCCCCCCCCCC(=O)NC(CS)C(=O)NC(CS)C(=O)NC(CS)C(=O)NC(CS)C(=O)NCC(=O)NCC(=O)NCC(=O)NC(COP(=O)(O)O)C(=O)NC(CCCNC(=N)N)C(=O)NCC(=O)NC(CC(=O)O)C(=O)O. The summed E-state index contributed by atoms with van der Waals surface area (Å²) in [5.74, 6) is -15.1. The van der Waals surface area contributed by atoms with Gasteiger partial charge in [-0.1, -0.05) is 84.0 Å². The second kappa shape index (κ2) is 47.0. The van der Waals surface area contributed by atoms with Gasteiger partial charge in [0.25, 0.3) is 0 Å². The van der Waals surface area contributed by atoms with Gasteiger partial charge in [0.15, 0.2) is 5.96 Å². The van der Waals surface area contributed by atoms with Crippen LogP contribution in [0.25, 0.3) is 0 Å². The average molecular weight is 1340 g/mol. The lowest BCUT2D eigenvalue weighted by Crippen LogP contribution is -2.59. The number of phosphoric acid groups is 1. The van der Waals surface area contributed by atoms with Crippen LogP contribution in [0.2, 0.25) is 0 Å². The summed E-state index contributed by atoms with van der Waals surface area (Å²) in [6.45, 7) is -2.48. The smallest absolute Gasteiger partial charge is 0.469 e. The van der Waals surface area contributed by atoms with Crippen molar-refractivity contribution in [3.8, 4) is 0 Å². The Bertz CT molecular complexity index is 2330. The third kappa shape index (κ3) is 40.1. The van der Waals surface area contributed by atoms with Crippen molar-refractivity contribution in [3.05, 3.63) is 0 Å². The fraction of sp³-hybridized carbons (Fsp3) is 0.714. The van der Waals surface area contributed by atoms with Gasteiger partial charge in [0.05, 0.1) is 39.2 Å². The number of nitrogens with one attached hydrogen (secondary N) is 13. The average Bonchev–Trinajstić information content (AvgIpc) is 3.68. The highest BCUT2D eigenvalue weighted by Gasteiger charge is 2.32. The molecule has 0 spiro atoms. The molecule has 0 aromatic heterocycles. The summed E-state index contributed by atoms with van der Waals surface area (Å²) in [7, 11) is -5.32. The standard InChI is InChI=1S/C49H87N14O19PS4/c1-2-3-4-5-6-7-8-9-10-11-12-13-14-17-36(64)59-33(26-85)45(74)62-35(28-87)47(76)63-34(27-86)46(75)61-32(25-84)43(72)55-21-38(66)53-20-37(65)54-22-39(67)58-31(24-82-83(79,80)81)44(73)60-29(16-15-18-52-49(50)51)42(71)56-23-40(68)57-30(48(77)78)19-41(69)70/h29-35,84-87H,2-28H2,1H3,(H,53,66)(H,54,65)(H,55,72)(H,56,71)(H,57,68)(H,58,67)(H,59,64)(H,60,73)(H,61,75)(H,62,74)(H,63,76)(H,69,70)(H,77,78)(H4,50,51,52)(H2,79,80,81). The van der Waals surface area contributed by atoms with Crippen molar-refractivity contribution in [2.75, 3.05) is 62.3 Å². The summed E-state index contributed by atoms with van der Waals surface area (Å²) in [6, 6.07) is -10.6. The molecule has 19 N–H and O–H groups in total. The predicted molar refractivity (Wildman–Crippen MR) is 328 cm³/mol. The van der Waals surface area contributed by atoms with Crippen molar-refractivity contribution in [2.24, 2.45) is 5.73 Å². The number of phosphoric ester groups is 1. The van der Waals surface area contributed by atoms with Crippen molar-refractivity contribution in [1.29, 1.82) is 5.41 Å². The summed E-state index contributed by atoms with van der Waals surface area (Å²) < 4.78 is 15.9. The maximum Gasteiger partial charge on any atom is 0.469 e. The fourth-order valence-electron chi connectivity index (χ4n) is 7.52. The summed E-state index contributed by atoms with van der Waals surface area (Å²) >= 11 is 16.6. The number of unbranched alkanes of at least 4 members (excludes halogenated alkanes) is 12. The molecule has 0 radical (unpaired) electrons. The Kier molecular flexibility index (Phi) is 43.7. The second-order valence-corrected chi connectivity index (χ2v) is 22.2. The van der Waals surface area contributed by atoms with Gasteiger partial charge in [0, 0.05) is 36.0 Å². The summed E-state index contributed by atoms with van der Waals surface area (Å²) in [5, 5.41) is 52.4. The molecule has 0 aliphatic carbocycles. The highest BCUT2D eigenvalue weighted by Crippen LogP contribution is 2.35. The number of rotatable bonds is 49. The zero-order chi connectivity index (χ0) is 65.9. The van der Waals surface area contributed by atoms with Crippen LogP contribution < -0.4 is 69.5 Å². The molecular formula is C49H87N14O19PS4. The van der Waals surface area contributed by atoms with Crippen molar-refractivity contribution in [2.45, 2.75) is 158 Å². The van der Waals surface area contributed by atoms with E-state index in [1.807, 2.05) is 10.6 Å². The van der Waals surface area contributed by atoms with Gasteiger partial charge in [-0.3, -0.25) is 67.5 Å². The van der Waals surface area contributed by atoms with Gasteiger partial charge in [-0.25, -0.2) is 9.36 Å². The van der Waals surface area contributed by atoms with Crippen LogP contribution in [0.4, 0.5) is 0 Å². The van der Waals surface area contributed by atoms with Crippen LogP contribution in [0.15, 0.2) is 0 Å². The van der Waals surface area contributed by atoms with Crippen LogP contribution in [-0.2, 0) is 71.4 Å². The zero-order valence-electron chi connectivity index (χ0n) is 48.4. The largest absolute Gasteiger partial charge is 0.481 e. The van der Waals surface area contributed by atoms with Crippen LogP contribution in [0.3, 0.4) is 0 Å². The Morgan fingerprint density at radius 2 is 0.805 bits per heavy atom. The quantitative estimate of drug-likeness (QED) is 0.00907. The first-order chi connectivity index (χ1) is 41.1. The highest BCUT2D eigenvalue weighted by atomic mass is 32.1. The Morgan fingerprint density at radius 3 is 1.23 bits per heavy atom. The summed E-state index contributed by atoms with van der Waals surface area (Å²) in [4.78, 5) is 183. The molecule has 0 saturated carbocycles. The second-order valence-electron chi connectivity index (χ2n) is 19.5. The first-order valence-corrected chi connectivity index (χ1v) is 32.0. The third-order valence-electron chi connectivity index (χ3n) is 12.2. The number of carboxylic acids is 2. The van der Waals surface area contributed by atoms with Crippen LogP contribution in [0, 0.1) is 5.41 Å². The Hall–Kier alpha value is -6.11. The minimum Gasteiger partial charge on any atom is -0.481 e. The number of carbonyl (C=O) groups excluding carboxylic acids is 11. The van der Waals surface area contributed by atoms with Gasteiger partial charge >= 0.3 is 19.8 Å². The number of thiol groups is 4. The van der Waals surface area contributed by atoms with Crippen molar-refractivity contribution in [1.82, 2.24) is 63.8 Å². The topological polar surface area (TPSA) is 523 Å². The number of hydrogen-bond acceptors (Lipinski definition) is 20. The van der Waals surface area contributed by atoms with Crippen molar-refractivity contribution < 1.29 is 91.4 Å². The minimum atomic E-state index is -5.32. The molecule has 0 saturated heterocycles. The molecule has 33 nitrogen and oxygen atoms in total.